The number of nitrogens with one attached hydrogen (secondary N) is 1. The van der Waals surface area contributed by atoms with Crippen molar-refractivity contribution >= 4 is 84.8 Å². The minimum absolute atomic E-state index is 0.0203. The Hall–Kier alpha value is -4.44. The third kappa shape index (κ3) is 6.10. The van der Waals surface area contributed by atoms with E-state index in [1.54, 1.807) is 0 Å². The van der Waals surface area contributed by atoms with Crippen LogP contribution in [0.4, 0.5) is 0 Å². The molecule has 0 atom stereocenters. The predicted molar refractivity (Wildman–Crippen MR) is 247 cm³/mol. The molecule has 0 aliphatic rings. The van der Waals surface area contributed by atoms with Crippen LogP contribution in [-0.4, -0.2) is 4.98 Å². The van der Waals surface area contributed by atoms with Crippen molar-refractivity contribution in [3.8, 4) is 22.3 Å². The van der Waals surface area contributed by atoms with E-state index < -0.39 is 0 Å². The maximum absolute atomic E-state index is 3.77. The number of benzene rings is 6. The highest BCUT2D eigenvalue weighted by Gasteiger charge is 2.24. The summed E-state index contributed by atoms with van der Waals surface area (Å²) in [6.45, 7) is 27.9. The smallest absolute Gasteiger partial charge is 0.0465 e. The molecule has 1 N–H and O–H groups in total. The molecule has 0 aliphatic carbocycles. The van der Waals surface area contributed by atoms with Gasteiger partial charge in [-0.25, -0.2) is 0 Å². The van der Waals surface area contributed by atoms with Crippen molar-refractivity contribution in [3.05, 3.63) is 119 Å². The van der Waals surface area contributed by atoms with Gasteiger partial charge in [-0.3, -0.25) is 0 Å². The van der Waals surface area contributed by atoms with Gasteiger partial charge in [0, 0.05) is 62.2 Å². The number of hydrogen-bond acceptors (Lipinski definition) is 2. The molecule has 0 aliphatic heterocycles. The zero-order valence-electron chi connectivity index (χ0n) is 34.6. The molecule has 3 aromatic heterocycles. The third-order valence-electron chi connectivity index (χ3n) is 11.8. The molecule has 3 heteroatoms. The van der Waals surface area contributed by atoms with Crippen molar-refractivity contribution in [1.29, 1.82) is 0 Å². The molecule has 0 unspecified atom stereocenters. The fraction of sp³-hybridized carbons (Fsp3) is 0.308. The summed E-state index contributed by atoms with van der Waals surface area (Å²) < 4.78 is 5.45. The molecular formula is C52H53NS2. The molecule has 0 spiro atoms. The van der Waals surface area contributed by atoms with Gasteiger partial charge in [-0.15, -0.1) is 22.7 Å². The highest BCUT2D eigenvalue weighted by molar-refractivity contribution is 7.26. The van der Waals surface area contributed by atoms with Crippen LogP contribution in [0.25, 0.3) is 84.4 Å². The van der Waals surface area contributed by atoms with E-state index in [0.717, 1.165) is 0 Å². The molecule has 9 rings (SSSR count). The van der Waals surface area contributed by atoms with Gasteiger partial charge in [0.25, 0.3) is 0 Å². The van der Waals surface area contributed by atoms with E-state index in [-0.39, 0.29) is 21.7 Å². The van der Waals surface area contributed by atoms with Gasteiger partial charge in [0.2, 0.25) is 0 Å². The van der Waals surface area contributed by atoms with Crippen LogP contribution in [0.5, 0.6) is 0 Å². The zero-order chi connectivity index (χ0) is 39.0. The lowest BCUT2D eigenvalue weighted by molar-refractivity contribution is 0.590. The fourth-order valence-corrected chi connectivity index (χ4v) is 10.6. The summed E-state index contributed by atoms with van der Waals surface area (Å²) >= 11 is 3.87. The van der Waals surface area contributed by atoms with Crippen molar-refractivity contribution in [2.24, 2.45) is 0 Å². The van der Waals surface area contributed by atoms with Crippen LogP contribution >= 0.6 is 22.7 Å². The summed E-state index contributed by atoms with van der Waals surface area (Å²) in [5.74, 6) is 0. The lowest BCUT2D eigenvalue weighted by atomic mass is 9.83. The number of aromatic nitrogens is 1. The van der Waals surface area contributed by atoms with Crippen LogP contribution in [0.3, 0.4) is 0 Å². The molecule has 3 heterocycles. The third-order valence-corrected chi connectivity index (χ3v) is 14.3. The average molecular weight is 756 g/mol. The highest BCUT2D eigenvalue weighted by Crippen LogP contribution is 2.47. The molecule has 6 aromatic carbocycles. The fourth-order valence-electron chi connectivity index (χ4n) is 8.22. The van der Waals surface area contributed by atoms with Gasteiger partial charge in [-0.2, -0.15) is 0 Å². The second-order valence-electron chi connectivity index (χ2n) is 20.1. The first-order valence-electron chi connectivity index (χ1n) is 19.8. The number of fused-ring (bicyclic) bond motifs is 9. The SMILES string of the molecule is CC(C)(C)c1ccc2sc3c(-c4ccc5[nH]c6ccc(-c7cc(C(C)(C)C)cc8c7sc7ccc(C(C)(C)C)cc78)cc6c5c4)cc(C(C)(C)C)cc3c2c1. The molecule has 0 amide bonds. The van der Waals surface area contributed by atoms with Crippen LogP contribution in [-0.2, 0) is 21.7 Å². The minimum Gasteiger partial charge on any atom is -0.355 e. The van der Waals surface area contributed by atoms with Crippen molar-refractivity contribution in [3.63, 3.8) is 0 Å². The Labute approximate surface area is 334 Å². The van der Waals surface area contributed by atoms with E-state index in [1.165, 1.54) is 107 Å². The van der Waals surface area contributed by atoms with E-state index in [4.69, 9.17) is 0 Å². The van der Waals surface area contributed by atoms with E-state index in [1.807, 2.05) is 22.7 Å². The molecule has 0 fully saturated rings. The van der Waals surface area contributed by atoms with Gasteiger partial charge in [0.05, 0.1) is 0 Å². The van der Waals surface area contributed by atoms with Crippen LogP contribution < -0.4 is 0 Å². The van der Waals surface area contributed by atoms with Crippen molar-refractivity contribution < 1.29 is 0 Å². The van der Waals surface area contributed by atoms with Crippen LogP contribution in [0, 0.1) is 0 Å². The molecular weight excluding hydrogens is 703 g/mol. The van der Waals surface area contributed by atoms with Crippen molar-refractivity contribution in [2.45, 2.75) is 105 Å². The Kier molecular flexibility index (Phi) is 7.92. The molecule has 0 saturated heterocycles. The summed E-state index contributed by atoms with van der Waals surface area (Å²) in [6.07, 6.45) is 0. The Balaban J connectivity index is 1.26. The van der Waals surface area contributed by atoms with Crippen molar-refractivity contribution in [1.82, 2.24) is 4.98 Å². The molecule has 55 heavy (non-hydrogen) atoms. The Bertz CT molecular complexity index is 2800. The maximum atomic E-state index is 3.77. The van der Waals surface area contributed by atoms with Gasteiger partial charge < -0.3 is 4.98 Å². The van der Waals surface area contributed by atoms with E-state index in [9.17, 15) is 0 Å². The van der Waals surface area contributed by atoms with Gasteiger partial charge in [0.15, 0.2) is 0 Å². The average Bonchev–Trinajstić information content (AvgIpc) is 3.79. The number of hydrogen-bond donors (Lipinski definition) is 1. The minimum atomic E-state index is 0.0203. The monoisotopic (exact) mass is 755 g/mol. The quantitative estimate of drug-likeness (QED) is 0.181. The second-order valence-corrected chi connectivity index (χ2v) is 22.2. The van der Waals surface area contributed by atoms with Crippen LogP contribution in [0.1, 0.15) is 105 Å². The zero-order valence-corrected chi connectivity index (χ0v) is 36.2. The first-order valence-corrected chi connectivity index (χ1v) is 21.5. The number of thiophene rings is 2. The van der Waals surface area contributed by atoms with Gasteiger partial charge >= 0.3 is 0 Å². The topological polar surface area (TPSA) is 15.8 Å². The number of aromatic amines is 1. The maximum Gasteiger partial charge on any atom is 0.0465 e. The lowest BCUT2D eigenvalue weighted by Crippen LogP contribution is -2.11. The normalized spacial score (nSPS) is 13.5. The summed E-state index contributed by atoms with van der Waals surface area (Å²) in [7, 11) is 0. The summed E-state index contributed by atoms with van der Waals surface area (Å²) in [5.41, 5.74) is 13.3. The van der Waals surface area contributed by atoms with Crippen LogP contribution in [0.2, 0.25) is 0 Å². The molecule has 0 radical (unpaired) electrons. The van der Waals surface area contributed by atoms with E-state index in [2.05, 4.69) is 185 Å². The Morgan fingerprint density at radius 2 is 0.709 bits per heavy atom. The highest BCUT2D eigenvalue weighted by atomic mass is 32.1. The first kappa shape index (κ1) is 36.2. The Morgan fingerprint density at radius 3 is 1.07 bits per heavy atom. The summed E-state index contributed by atoms with van der Waals surface area (Å²) in [4.78, 5) is 3.77. The summed E-state index contributed by atoms with van der Waals surface area (Å²) in [5, 5.41) is 8.03. The lowest BCUT2D eigenvalue weighted by Gasteiger charge is -2.21. The first-order chi connectivity index (χ1) is 25.7. The van der Waals surface area contributed by atoms with Gasteiger partial charge in [-0.1, -0.05) is 107 Å². The predicted octanol–water partition coefficient (Wildman–Crippen LogP) is 16.6. The van der Waals surface area contributed by atoms with Gasteiger partial charge in [-0.05, 0) is 139 Å². The van der Waals surface area contributed by atoms with Gasteiger partial charge in [0.1, 0.15) is 0 Å². The molecule has 1 nitrogen and oxygen atoms in total. The molecule has 9 aromatic rings. The largest absolute Gasteiger partial charge is 0.355 e. The summed E-state index contributed by atoms with van der Waals surface area (Å²) in [6, 6.07) is 38.2. The van der Waals surface area contributed by atoms with Crippen LogP contribution in [0.15, 0.2) is 97.1 Å². The molecule has 0 saturated carbocycles. The number of rotatable bonds is 2. The standard InChI is InChI=1S/C52H53NS2/c1-49(2,3)31-15-19-45-39(23-31)41-27-33(51(7,8)9)25-35(47(41)54-45)29-13-17-43-37(21-29)38-22-30(14-18-44(38)53-43)36-26-34(52(10,11)12)28-42-40-24-32(50(4,5)6)16-20-46(40)55-48(36)42/h13-28,53H,1-12H3. The van der Waals surface area contributed by atoms with E-state index >= 15 is 0 Å². The Morgan fingerprint density at radius 1 is 0.345 bits per heavy atom. The number of H-pyrrole nitrogens is 1. The second kappa shape index (κ2) is 12.0. The van der Waals surface area contributed by atoms with E-state index in [0.29, 0.717) is 0 Å². The molecule has 278 valence electrons. The molecule has 0 bridgehead atoms. The van der Waals surface area contributed by atoms with Crippen molar-refractivity contribution in [2.75, 3.05) is 0 Å².